The number of nitrogens with zero attached hydrogens (tertiary/aromatic N) is 3. The maximum atomic E-state index is 14.0. The van der Waals surface area contributed by atoms with Crippen molar-refractivity contribution in [1.82, 2.24) is 14.8 Å². The minimum atomic E-state index is -0.887. The Bertz CT molecular complexity index is 1080. The van der Waals surface area contributed by atoms with Gasteiger partial charge in [-0.2, -0.15) is 0 Å². The second kappa shape index (κ2) is 6.66. The van der Waals surface area contributed by atoms with Crippen LogP contribution in [0.2, 0.25) is 0 Å². The van der Waals surface area contributed by atoms with Crippen molar-refractivity contribution < 1.29 is 14.0 Å². The first-order chi connectivity index (χ1) is 15.0. The standard InChI is InChI=1S/C24H28N4O3/c1-14(2)21-25-19-13-27(11-9-20(19)31-21)22(29)17-12-15-6-5-10-28(15)24(17)16-7-3-4-8-18(16)26-23(24)30/h3-4,7-8,14-15,17H,5-6,9-13H2,1-2H3,(H,26,30)/t15-,17+,24+/m1/s1. The Morgan fingerprint density at radius 3 is 2.97 bits per heavy atom. The smallest absolute Gasteiger partial charge is 0.250 e. The monoisotopic (exact) mass is 420 g/mol. The van der Waals surface area contributed by atoms with Crippen LogP contribution < -0.4 is 5.32 Å². The molecule has 4 aliphatic rings. The number of carbonyl (C=O) groups is 2. The Hall–Kier alpha value is -2.67. The van der Waals surface area contributed by atoms with E-state index in [0.29, 0.717) is 19.5 Å². The number of oxazole rings is 1. The van der Waals surface area contributed by atoms with Gasteiger partial charge in [-0.05, 0) is 31.9 Å². The summed E-state index contributed by atoms with van der Waals surface area (Å²) in [4.78, 5) is 36.4. The molecule has 5 heterocycles. The summed E-state index contributed by atoms with van der Waals surface area (Å²) in [6.07, 6.45) is 3.54. The van der Waals surface area contributed by atoms with E-state index in [-0.39, 0.29) is 29.7 Å². The molecule has 31 heavy (non-hydrogen) atoms. The maximum absolute atomic E-state index is 14.0. The van der Waals surface area contributed by atoms with E-state index in [0.717, 1.165) is 54.4 Å². The molecule has 7 heteroatoms. The molecule has 1 spiro atoms. The van der Waals surface area contributed by atoms with E-state index in [4.69, 9.17) is 4.42 Å². The van der Waals surface area contributed by atoms with Crippen LogP contribution in [0.15, 0.2) is 28.7 Å². The molecule has 0 radical (unpaired) electrons. The van der Waals surface area contributed by atoms with Crippen LogP contribution in [0.5, 0.6) is 0 Å². The number of carbonyl (C=O) groups excluding carboxylic acids is 2. The highest BCUT2D eigenvalue weighted by Gasteiger charge is 2.65. The largest absolute Gasteiger partial charge is 0.445 e. The van der Waals surface area contributed by atoms with E-state index in [1.807, 2.05) is 29.2 Å². The van der Waals surface area contributed by atoms with Crippen LogP contribution in [-0.4, -0.2) is 45.7 Å². The van der Waals surface area contributed by atoms with E-state index in [1.165, 1.54) is 0 Å². The number of nitrogens with one attached hydrogen (secondary N) is 1. The Labute approximate surface area is 181 Å². The summed E-state index contributed by atoms with van der Waals surface area (Å²) in [6.45, 7) is 6.06. The van der Waals surface area contributed by atoms with Gasteiger partial charge < -0.3 is 14.6 Å². The summed E-state index contributed by atoms with van der Waals surface area (Å²) in [7, 11) is 0. The third-order valence-electron chi connectivity index (χ3n) is 7.62. The molecule has 7 nitrogen and oxygen atoms in total. The fraction of sp³-hybridized carbons (Fsp3) is 0.542. The Balaban J connectivity index is 1.37. The first kappa shape index (κ1) is 19.0. The van der Waals surface area contributed by atoms with Gasteiger partial charge in [0.1, 0.15) is 17.0 Å². The van der Waals surface area contributed by atoms with Crippen LogP contribution in [0.25, 0.3) is 0 Å². The molecule has 0 bridgehead atoms. The average molecular weight is 421 g/mol. The molecule has 3 atom stereocenters. The van der Waals surface area contributed by atoms with Gasteiger partial charge in [0.2, 0.25) is 11.8 Å². The van der Waals surface area contributed by atoms with Gasteiger partial charge in [-0.25, -0.2) is 4.98 Å². The van der Waals surface area contributed by atoms with Gasteiger partial charge in [-0.15, -0.1) is 0 Å². The molecule has 1 aromatic heterocycles. The topological polar surface area (TPSA) is 78.7 Å². The van der Waals surface area contributed by atoms with E-state index >= 15 is 0 Å². The summed E-state index contributed by atoms with van der Waals surface area (Å²) in [5.74, 6) is 1.51. The third kappa shape index (κ3) is 2.53. The van der Waals surface area contributed by atoms with Gasteiger partial charge in [0.05, 0.1) is 12.5 Å². The van der Waals surface area contributed by atoms with E-state index < -0.39 is 5.54 Å². The van der Waals surface area contributed by atoms with Crippen molar-refractivity contribution in [3.63, 3.8) is 0 Å². The lowest BCUT2D eigenvalue weighted by molar-refractivity contribution is -0.145. The Morgan fingerprint density at radius 1 is 1.29 bits per heavy atom. The summed E-state index contributed by atoms with van der Waals surface area (Å²) < 4.78 is 5.92. The zero-order valence-electron chi connectivity index (χ0n) is 18.1. The van der Waals surface area contributed by atoms with Crippen molar-refractivity contribution in [2.24, 2.45) is 5.92 Å². The molecule has 2 saturated heterocycles. The SMILES string of the molecule is CC(C)c1nc2c(o1)CCN(C(=O)[C@@H]1C[C@H]3CCCN3[C@]13C(=O)Nc1ccccc13)C2. The summed E-state index contributed by atoms with van der Waals surface area (Å²) in [5.41, 5.74) is 1.79. The molecule has 2 aromatic rings. The molecule has 1 N–H and O–H groups in total. The molecule has 2 amide bonds. The number of rotatable bonds is 2. The summed E-state index contributed by atoms with van der Waals surface area (Å²) in [5, 5.41) is 3.08. The van der Waals surface area contributed by atoms with Crippen molar-refractivity contribution in [1.29, 1.82) is 0 Å². The van der Waals surface area contributed by atoms with Crippen molar-refractivity contribution in [3.8, 4) is 0 Å². The molecule has 162 valence electrons. The summed E-state index contributed by atoms with van der Waals surface area (Å²) in [6, 6.07) is 8.17. The quantitative estimate of drug-likeness (QED) is 0.808. The number of anilines is 1. The third-order valence-corrected chi connectivity index (χ3v) is 7.62. The van der Waals surface area contributed by atoms with Crippen LogP contribution >= 0.6 is 0 Å². The molecule has 2 fully saturated rings. The van der Waals surface area contributed by atoms with Gasteiger partial charge in [0.25, 0.3) is 0 Å². The molecular weight excluding hydrogens is 392 g/mol. The lowest BCUT2D eigenvalue weighted by Gasteiger charge is -2.38. The van der Waals surface area contributed by atoms with Crippen molar-refractivity contribution >= 4 is 17.5 Å². The minimum absolute atomic E-state index is 0.0438. The minimum Gasteiger partial charge on any atom is -0.445 e. The number of fused-ring (bicyclic) bond motifs is 5. The lowest BCUT2D eigenvalue weighted by Crippen LogP contribution is -2.55. The average Bonchev–Trinajstić information content (AvgIpc) is 3.50. The molecule has 4 aliphatic heterocycles. The Kier molecular flexibility index (Phi) is 4.09. The van der Waals surface area contributed by atoms with Crippen molar-refractivity contribution in [2.75, 3.05) is 18.4 Å². The van der Waals surface area contributed by atoms with Crippen LogP contribution in [0.3, 0.4) is 0 Å². The molecule has 0 unspecified atom stereocenters. The highest BCUT2D eigenvalue weighted by atomic mass is 16.4. The predicted octanol–water partition coefficient (Wildman–Crippen LogP) is 3.01. The molecule has 0 aliphatic carbocycles. The number of hydrogen-bond donors (Lipinski definition) is 1. The highest BCUT2D eigenvalue weighted by molar-refractivity contribution is 6.09. The molecule has 0 saturated carbocycles. The van der Waals surface area contributed by atoms with E-state index in [1.54, 1.807) is 0 Å². The molecular formula is C24H28N4O3. The predicted molar refractivity (Wildman–Crippen MR) is 114 cm³/mol. The fourth-order valence-electron chi connectivity index (χ4n) is 6.24. The maximum Gasteiger partial charge on any atom is 0.250 e. The molecule has 6 rings (SSSR count). The zero-order chi connectivity index (χ0) is 21.3. The number of amides is 2. The van der Waals surface area contributed by atoms with E-state index in [2.05, 4.69) is 29.0 Å². The van der Waals surface area contributed by atoms with Crippen LogP contribution in [-0.2, 0) is 28.1 Å². The van der Waals surface area contributed by atoms with Gasteiger partial charge >= 0.3 is 0 Å². The fourth-order valence-corrected chi connectivity index (χ4v) is 6.24. The van der Waals surface area contributed by atoms with E-state index in [9.17, 15) is 9.59 Å². The van der Waals surface area contributed by atoms with Crippen LogP contribution in [0.1, 0.15) is 61.9 Å². The van der Waals surface area contributed by atoms with Gasteiger partial charge in [-0.3, -0.25) is 14.5 Å². The zero-order valence-corrected chi connectivity index (χ0v) is 18.1. The van der Waals surface area contributed by atoms with Crippen LogP contribution in [0, 0.1) is 5.92 Å². The van der Waals surface area contributed by atoms with Gasteiger partial charge in [-0.1, -0.05) is 32.0 Å². The highest BCUT2D eigenvalue weighted by Crippen LogP contribution is 2.55. The number of para-hydroxylation sites is 1. The first-order valence-electron chi connectivity index (χ1n) is 11.4. The number of hydrogen-bond acceptors (Lipinski definition) is 5. The van der Waals surface area contributed by atoms with Gasteiger partial charge in [0.15, 0.2) is 5.89 Å². The van der Waals surface area contributed by atoms with Gasteiger partial charge in [0, 0.05) is 36.2 Å². The molecule has 1 aromatic carbocycles. The Morgan fingerprint density at radius 2 is 2.13 bits per heavy atom. The second-order valence-electron chi connectivity index (χ2n) is 9.63. The van der Waals surface area contributed by atoms with Crippen LogP contribution in [0.4, 0.5) is 5.69 Å². The second-order valence-corrected chi connectivity index (χ2v) is 9.63. The van der Waals surface area contributed by atoms with Crippen molar-refractivity contribution in [2.45, 2.75) is 63.6 Å². The summed E-state index contributed by atoms with van der Waals surface area (Å²) >= 11 is 0. The van der Waals surface area contributed by atoms with Crippen molar-refractivity contribution in [3.05, 3.63) is 47.2 Å². The first-order valence-corrected chi connectivity index (χ1v) is 11.4. The lowest BCUT2D eigenvalue weighted by atomic mass is 9.78. The number of aromatic nitrogens is 1. The number of benzene rings is 1. The normalized spacial score (nSPS) is 29.4.